The fraction of sp³-hybridized carbons (Fsp3) is 0.450. The number of benzene rings is 1. The van der Waals surface area contributed by atoms with Gasteiger partial charge in [0.25, 0.3) is 0 Å². The average molecular weight is 390 g/mol. The third-order valence-electron chi connectivity index (χ3n) is 4.47. The van der Waals surface area contributed by atoms with Gasteiger partial charge in [-0.25, -0.2) is 9.59 Å². The van der Waals surface area contributed by atoms with Gasteiger partial charge in [0, 0.05) is 24.7 Å². The maximum Gasteiger partial charge on any atom is 0.412 e. The maximum absolute atomic E-state index is 12.9. The van der Waals surface area contributed by atoms with Gasteiger partial charge in [-0.05, 0) is 38.1 Å². The van der Waals surface area contributed by atoms with E-state index in [4.69, 9.17) is 14.2 Å². The Morgan fingerprint density at radius 2 is 1.86 bits per heavy atom. The highest BCUT2D eigenvalue weighted by molar-refractivity contribution is 6.02. The molecule has 1 heterocycles. The summed E-state index contributed by atoms with van der Waals surface area (Å²) < 4.78 is 15.2. The zero-order chi connectivity index (χ0) is 20.6. The topological polar surface area (TPSA) is 94.2 Å². The van der Waals surface area contributed by atoms with Crippen molar-refractivity contribution < 1.29 is 28.6 Å². The van der Waals surface area contributed by atoms with Crippen LogP contribution in [0.2, 0.25) is 0 Å². The summed E-state index contributed by atoms with van der Waals surface area (Å²) >= 11 is 0. The molecule has 0 atom stereocenters. The van der Waals surface area contributed by atoms with E-state index in [-0.39, 0.29) is 18.9 Å². The van der Waals surface area contributed by atoms with E-state index in [2.05, 4.69) is 16.8 Å². The molecule has 1 amide bonds. The van der Waals surface area contributed by atoms with Crippen LogP contribution in [-0.2, 0) is 14.3 Å². The molecule has 0 aromatic heterocycles. The summed E-state index contributed by atoms with van der Waals surface area (Å²) in [6, 6.07) is 6.41. The third-order valence-corrected chi connectivity index (χ3v) is 4.47. The lowest BCUT2D eigenvalue weighted by atomic mass is 9.91. The molecule has 28 heavy (non-hydrogen) atoms. The minimum Gasteiger partial charge on any atom is -0.461 e. The summed E-state index contributed by atoms with van der Waals surface area (Å²) in [6.45, 7) is 9.86. The van der Waals surface area contributed by atoms with E-state index in [0.717, 1.165) is 6.08 Å². The first kappa shape index (κ1) is 21.6. The summed E-state index contributed by atoms with van der Waals surface area (Å²) in [7, 11) is 0. The molecule has 0 saturated carbocycles. The van der Waals surface area contributed by atoms with Gasteiger partial charge in [0.05, 0.1) is 25.3 Å². The van der Waals surface area contributed by atoms with Crippen LogP contribution >= 0.6 is 0 Å². The quantitative estimate of drug-likeness (QED) is 0.313. The van der Waals surface area contributed by atoms with E-state index in [1.54, 1.807) is 24.3 Å². The second kappa shape index (κ2) is 10.0. The van der Waals surface area contributed by atoms with E-state index in [9.17, 15) is 14.4 Å². The van der Waals surface area contributed by atoms with Gasteiger partial charge in [0.15, 0.2) is 5.78 Å². The zero-order valence-electron chi connectivity index (χ0n) is 16.2. The van der Waals surface area contributed by atoms with Crippen LogP contribution in [0.15, 0.2) is 36.9 Å². The monoisotopic (exact) mass is 390 g/mol. The normalized spacial score (nSPS) is 14.8. The highest BCUT2D eigenvalue weighted by Gasteiger charge is 2.35. The molecule has 2 rings (SSSR count). The standard InChI is InChI=1S/C20H26N2O6/c1-4-17(23)27-12-9-21-19(25)28-16-7-5-15(6-8-16)18(24)20(2,3)22-10-13-26-14-11-22/h4-8H,1,9-14H2,2-3H3,(H,21,25). The maximum atomic E-state index is 12.9. The Labute approximate surface area is 164 Å². The smallest absolute Gasteiger partial charge is 0.412 e. The Bertz CT molecular complexity index is 708. The number of rotatable bonds is 8. The summed E-state index contributed by atoms with van der Waals surface area (Å²) in [6.07, 6.45) is 0.365. The number of hydrogen-bond donors (Lipinski definition) is 1. The molecule has 8 nitrogen and oxygen atoms in total. The molecule has 0 bridgehead atoms. The SMILES string of the molecule is C=CC(=O)OCCNC(=O)Oc1ccc(C(=O)C(C)(C)N2CCOCC2)cc1. The first-order valence-corrected chi connectivity index (χ1v) is 9.07. The van der Waals surface area contributed by atoms with Crippen LogP contribution in [-0.4, -0.2) is 67.7 Å². The van der Waals surface area contributed by atoms with E-state index >= 15 is 0 Å². The van der Waals surface area contributed by atoms with Crippen LogP contribution in [0.1, 0.15) is 24.2 Å². The van der Waals surface area contributed by atoms with Crippen molar-refractivity contribution in [2.75, 3.05) is 39.5 Å². The van der Waals surface area contributed by atoms with E-state index in [0.29, 0.717) is 37.6 Å². The molecule has 1 aromatic rings. The van der Waals surface area contributed by atoms with Gasteiger partial charge in [-0.15, -0.1) is 0 Å². The Kier molecular flexibility index (Phi) is 7.71. The van der Waals surface area contributed by atoms with Gasteiger partial charge in [-0.3, -0.25) is 9.69 Å². The number of nitrogens with one attached hydrogen (secondary N) is 1. The van der Waals surface area contributed by atoms with Crippen LogP contribution in [0.3, 0.4) is 0 Å². The zero-order valence-corrected chi connectivity index (χ0v) is 16.2. The predicted octanol–water partition coefficient (Wildman–Crippen LogP) is 1.80. The number of Topliss-reactive ketones (excluding diaryl/α,β-unsaturated/α-hetero) is 1. The van der Waals surface area contributed by atoms with Gasteiger partial charge in [-0.1, -0.05) is 6.58 Å². The first-order valence-electron chi connectivity index (χ1n) is 9.07. The van der Waals surface area contributed by atoms with Gasteiger partial charge in [0.1, 0.15) is 12.4 Å². The summed E-state index contributed by atoms with van der Waals surface area (Å²) in [5.74, 6) is -0.258. The van der Waals surface area contributed by atoms with E-state index in [1.165, 1.54) is 0 Å². The highest BCUT2D eigenvalue weighted by Crippen LogP contribution is 2.23. The second-order valence-corrected chi connectivity index (χ2v) is 6.70. The molecule has 0 aliphatic carbocycles. The molecule has 0 spiro atoms. The Morgan fingerprint density at radius 1 is 1.21 bits per heavy atom. The van der Waals surface area contributed by atoms with Crippen molar-refractivity contribution in [2.24, 2.45) is 0 Å². The number of ketones is 1. The van der Waals surface area contributed by atoms with Crippen molar-refractivity contribution in [3.63, 3.8) is 0 Å². The lowest BCUT2D eigenvalue weighted by Crippen LogP contribution is -2.54. The Balaban J connectivity index is 1.86. The van der Waals surface area contributed by atoms with Crippen molar-refractivity contribution in [3.05, 3.63) is 42.5 Å². The summed E-state index contributed by atoms with van der Waals surface area (Å²) in [5, 5.41) is 2.46. The molecule has 0 unspecified atom stereocenters. The number of nitrogens with zero attached hydrogens (tertiary/aromatic N) is 1. The van der Waals surface area contributed by atoms with Crippen LogP contribution in [0.25, 0.3) is 0 Å². The van der Waals surface area contributed by atoms with Gasteiger partial charge in [0.2, 0.25) is 0 Å². The van der Waals surface area contributed by atoms with Crippen LogP contribution in [0.5, 0.6) is 5.75 Å². The third kappa shape index (κ3) is 5.90. The fourth-order valence-corrected chi connectivity index (χ4v) is 2.80. The fourth-order valence-electron chi connectivity index (χ4n) is 2.80. The molecular formula is C20H26N2O6. The van der Waals surface area contributed by atoms with Crippen LogP contribution in [0, 0.1) is 0 Å². The van der Waals surface area contributed by atoms with Crippen LogP contribution < -0.4 is 10.1 Å². The number of hydrogen-bond acceptors (Lipinski definition) is 7. The number of esters is 1. The minimum absolute atomic E-state index is 0.00515. The van der Waals surface area contributed by atoms with Crippen molar-refractivity contribution >= 4 is 17.8 Å². The average Bonchev–Trinajstić information content (AvgIpc) is 2.71. The number of carbonyl (C=O) groups is 3. The second-order valence-electron chi connectivity index (χ2n) is 6.70. The molecule has 1 aliphatic heterocycles. The number of amides is 1. The van der Waals surface area contributed by atoms with Gasteiger partial charge < -0.3 is 19.5 Å². The van der Waals surface area contributed by atoms with Crippen molar-refractivity contribution in [1.29, 1.82) is 0 Å². The van der Waals surface area contributed by atoms with Gasteiger partial charge >= 0.3 is 12.1 Å². The molecule has 0 radical (unpaired) electrons. The lowest BCUT2D eigenvalue weighted by Gasteiger charge is -2.39. The van der Waals surface area contributed by atoms with E-state index < -0.39 is 17.6 Å². The summed E-state index contributed by atoms with van der Waals surface area (Å²) in [4.78, 5) is 37.6. The summed E-state index contributed by atoms with van der Waals surface area (Å²) in [5.41, 5.74) is -0.104. The number of carbonyl (C=O) groups excluding carboxylic acids is 3. The van der Waals surface area contributed by atoms with Crippen molar-refractivity contribution in [1.82, 2.24) is 10.2 Å². The predicted molar refractivity (Wildman–Crippen MR) is 102 cm³/mol. The lowest BCUT2D eigenvalue weighted by molar-refractivity contribution is -0.137. The molecule has 8 heteroatoms. The van der Waals surface area contributed by atoms with Gasteiger partial charge in [-0.2, -0.15) is 0 Å². The molecule has 1 N–H and O–H groups in total. The highest BCUT2D eigenvalue weighted by atomic mass is 16.6. The largest absolute Gasteiger partial charge is 0.461 e. The minimum atomic E-state index is -0.678. The number of ether oxygens (including phenoxy) is 3. The molecule has 1 fully saturated rings. The van der Waals surface area contributed by atoms with Crippen LogP contribution in [0.4, 0.5) is 4.79 Å². The Morgan fingerprint density at radius 3 is 2.46 bits per heavy atom. The Hall–Kier alpha value is -2.71. The van der Waals surface area contributed by atoms with Crippen molar-refractivity contribution in [3.8, 4) is 5.75 Å². The molecule has 1 saturated heterocycles. The van der Waals surface area contributed by atoms with E-state index in [1.807, 2.05) is 13.8 Å². The molecule has 1 aliphatic rings. The number of morpholine rings is 1. The first-order chi connectivity index (χ1) is 13.3. The molecule has 1 aromatic carbocycles. The van der Waals surface area contributed by atoms with Crippen molar-refractivity contribution in [2.45, 2.75) is 19.4 Å². The molecular weight excluding hydrogens is 364 g/mol. The molecule has 152 valence electrons.